The van der Waals surface area contributed by atoms with Gasteiger partial charge < -0.3 is 5.11 Å². The van der Waals surface area contributed by atoms with Crippen LogP contribution in [-0.4, -0.2) is 10.7 Å². The summed E-state index contributed by atoms with van der Waals surface area (Å²) in [6.45, 7) is 4.16. The van der Waals surface area contributed by atoms with Crippen LogP contribution in [0.15, 0.2) is 0 Å². The molecule has 0 heterocycles. The van der Waals surface area contributed by atoms with Crippen LogP contribution >= 0.6 is 0 Å². The van der Waals surface area contributed by atoms with E-state index in [2.05, 4.69) is 6.92 Å². The largest absolute Gasteiger partial charge is 0.390 e. The summed E-state index contributed by atoms with van der Waals surface area (Å²) in [5, 5.41) is 9.83. The summed E-state index contributed by atoms with van der Waals surface area (Å²) in [5.41, 5.74) is -0.354. The summed E-state index contributed by atoms with van der Waals surface area (Å²) in [7, 11) is 0. The van der Waals surface area contributed by atoms with E-state index in [1.165, 1.54) is 19.3 Å². The molecule has 1 nitrogen and oxygen atoms in total. The van der Waals surface area contributed by atoms with Gasteiger partial charge in [-0.25, -0.2) is 0 Å². The molecule has 1 aliphatic rings. The Hall–Kier alpha value is -0.0400. The highest BCUT2D eigenvalue weighted by Crippen LogP contribution is 2.34. The lowest BCUT2D eigenvalue weighted by molar-refractivity contribution is -0.0329. The highest BCUT2D eigenvalue weighted by atomic mass is 16.3. The summed E-state index contributed by atoms with van der Waals surface area (Å²) in [5.74, 6) is 0.557. The summed E-state index contributed by atoms with van der Waals surface area (Å²) in [6, 6.07) is 0. The highest BCUT2D eigenvalue weighted by Gasteiger charge is 2.32. The lowest BCUT2D eigenvalue weighted by atomic mass is 9.75. The molecule has 0 unspecified atom stereocenters. The first-order valence-corrected chi connectivity index (χ1v) is 4.39. The zero-order chi connectivity index (χ0) is 7.61. The average molecular weight is 142 g/mol. The zero-order valence-electron chi connectivity index (χ0n) is 7.06. The molecule has 60 valence electrons. The lowest BCUT2D eigenvalue weighted by Crippen LogP contribution is -2.36. The predicted molar refractivity (Wildman–Crippen MR) is 42.9 cm³/mol. The molecular formula is C9H18O. The maximum absolute atomic E-state index is 9.83. The van der Waals surface area contributed by atoms with Crippen molar-refractivity contribution in [3.05, 3.63) is 0 Å². The highest BCUT2D eigenvalue weighted by molar-refractivity contribution is 4.84. The van der Waals surface area contributed by atoms with E-state index >= 15 is 0 Å². The Bertz CT molecular complexity index is 107. The Balaban J connectivity index is 2.51. The van der Waals surface area contributed by atoms with Crippen molar-refractivity contribution in [2.24, 2.45) is 5.92 Å². The number of hydrogen-bond acceptors (Lipinski definition) is 1. The van der Waals surface area contributed by atoms with Crippen molar-refractivity contribution in [1.82, 2.24) is 0 Å². The fourth-order valence-electron chi connectivity index (χ4n) is 2.03. The molecule has 1 heteroatoms. The molecule has 0 saturated heterocycles. The summed E-state index contributed by atoms with van der Waals surface area (Å²) >= 11 is 0. The second kappa shape index (κ2) is 2.91. The van der Waals surface area contributed by atoms with E-state index < -0.39 is 0 Å². The molecule has 1 fully saturated rings. The fourth-order valence-corrected chi connectivity index (χ4v) is 2.03. The second-order valence-corrected chi connectivity index (χ2v) is 3.71. The Morgan fingerprint density at radius 3 is 2.60 bits per heavy atom. The van der Waals surface area contributed by atoms with Gasteiger partial charge in [0, 0.05) is 0 Å². The third-order valence-corrected chi connectivity index (χ3v) is 2.86. The van der Waals surface area contributed by atoms with Gasteiger partial charge in [0.25, 0.3) is 0 Å². The van der Waals surface area contributed by atoms with Gasteiger partial charge in [-0.15, -0.1) is 0 Å². The third kappa shape index (κ3) is 1.51. The van der Waals surface area contributed by atoms with E-state index in [0.717, 1.165) is 12.8 Å². The maximum atomic E-state index is 9.83. The van der Waals surface area contributed by atoms with Gasteiger partial charge in [0.2, 0.25) is 0 Å². The number of hydrogen-bond donors (Lipinski definition) is 1. The summed E-state index contributed by atoms with van der Waals surface area (Å²) < 4.78 is 0. The minimum atomic E-state index is -0.354. The van der Waals surface area contributed by atoms with Gasteiger partial charge in [0.1, 0.15) is 0 Å². The van der Waals surface area contributed by atoms with Crippen LogP contribution in [0.1, 0.15) is 46.0 Å². The van der Waals surface area contributed by atoms with Crippen LogP contribution in [-0.2, 0) is 0 Å². The van der Waals surface area contributed by atoms with Gasteiger partial charge in [0.15, 0.2) is 0 Å². The van der Waals surface area contributed by atoms with Crippen LogP contribution < -0.4 is 0 Å². The van der Waals surface area contributed by atoms with Gasteiger partial charge >= 0.3 is 0 Å². The molecule has 0 aliphatic heterocycles. The molecular weight excluding hydrogens is 124 g/mol. The molecule has 10 heavy (non-hydrogen) atoms. The average Bonchev–Trinajstić information content (AvgIpc) is 1.87. The van der Waals surface area contributed by atoms with Crippen LogP contribution in [0.2, 0.25) is 0 Å². The predicted octanol–water partition coefficient (Wildman–Crippen LogP) is 2.34. The molecule has 2 atom stereocenters. The Morgan fingerprint density at radius 1 is 1.50 bits per heavy atom. The van der Waals surface area contributed by atoms with E-state index in [4.69, 9.17) is 0 Å². The molecule has 0 spiro atoms. The normalized spacial score (nSPS) is 41.7. The molecule has 0 bridgehead atoms. The van der Waals surface area contributed by atoms with Crippen LogP contribution in [0.3, 0.4) is 0 Å². The van der Waals surface area contributed by atoms with Crippen LogP contribution in [0.25, 0.3) is 0 Å². The molecule has 0 aromatic rings. The SMILES string of the molecule is CC[C@@H]1CCCC[C@@]1(C)O. The molecule has 1 rings (SSSR count). The standard InChI is InChI=1S/C9H18O/c1-3-8-6-4-5-7-9(8,2)10/h8,10H,3-7H2,1-2H3/t8-,9-/m1/s1. The van der Waals surface area contributed by atoms with Gasteiger partial charge in [0.05, 0.1) is 5.60 Å². The van der Waals surface area contributed by atoms with Gasteiger partial charge in [-0.05, 0) is 25.7 Å². The van der Waals surface area contributed by atoms with Crippen molar-refractivity contribution in [3.8, 4) is 0 Å². The molecule has 1 N–H and O–H groups in total. The van der Waals surface area contributed by atoms with Crippen molar-refractivity contribution in [2.45, 2.75) is 51.6 Å². The first kappa shape index (κ1) is 8.06. The van der Waals surface area contributed by atoms with E-state index in [-0.39, 0.29) is 5.60 Å². The van der Waals surface area contributed by atoms with E-state index in [1.54, 1.807) is 0 Å². The van der Waals surface area contributed by atoms with Crippen molar-refractivity contribution in [2.75, 3.05) is 0 Å². The van der Waals surface area contributed by atoms with Crippen LogP contribution in [0, 0.1) is 5.92 Å². The summed E-state index contributed by atoms with van der Waals surface area (Å²) in [4.78, 5) is 0. The Kier molecular flexibility index (Phi) is 2.35. The van der Waals surface area contributed by atoms with Crippen LogP contribution in [0.5, 0.6) is 0 Å². The van der Waals surface area contributed by atoms with Crippen molar-refractivity contribution in [1.29, 1.82) is 0 Å². The molecule has 1 saturated carbocycles. The van der Waals surface area contributed by atoms with Crippen LogP contribution in [0.4, 0.5) is 0 Å². The maximum Gasteiger partial charge on any atom is 0.0647 e. The second-order valence-electron chi connectivity index (χ2n) is 3.71. The monoisotopic (exact) mass is 142 g/mol. The molecule has 1 aliphatic carbocycles. The molecule has 0 aromatic carbocycles. The van der Waals surface area contributed by atoms with E-state index in [9.17, 15) is 5.11 Å². The quantitative estimate of drug-likeness (QED) is 0.595. The van der Waals surface area contributed by atoms with Crippen molar-refractivity contribution < 1.29 is 5.11 Å². The van der Waals surface area contributed by atoms with Crippen molar-refractivity contribution in [3.63, 3.8) is 0 Å². The molecule has 0 radical (unpaired) electrons. The van der Waals surface area contributed by atoms with Gasteiger partial charge in [-0.2, -0.15) is 0 Å². The van der Waals surface area contributed by atoms with Crippen molar-refractivity contribution >= 4 is 0 Å². The van der Waals surface area contributed by atoms with E-state index in [1.807, 2.05) is 6.92 Å². The Morgan fingerprint density at radius 2 is 2.20 bits per heavy atom. The van der Waals surface area contributed by atoms with Gasteiger partial charge in [-0.1, -0.05) is 26.2 Å². The van der Waals surface area contributed by atoms with E-state index in [0.29, 0.717) is 5.92 Å². The summed E-state index contributed by atoms with van der Waals surface area (Å²) in [6.07, 6.45) is 5.89. The minimum Gasteiger partial charge on any atom is -0.390 e. The lowest BCUT2D eigenvalue weighted by Gasteiger charge is -2.36. The fraction of sp³-hybridized carbons (Fsp3) is 1.00. The number of rotatable bonds is 1. The zero-order valence-corrected chi connectivity index (χ0v) is 7.06. The third-order valence-electron chi connectivity index (χ3n) is 2.86. The molecule has 0 aromatic heterocycles. The topological polar surface area (TPSA) is 20.2 Å². The minimum absolute atomic E-state index is 0.354. The molecule has 0 amide bonds. The first-order valence-electron chi connectivity index (χ1n) is 4.39. The number of aliphatic hydroxyl groups is 1. The smallest absolute Gasteiger partial charge is 0.0647 e. The van der Waals surface area contributed by atoms with Gasteiger partial charge in [-0.3, -0.25) is 0 Å². The Labute approximate surface area is 63.4 Å². The first-order chi connectivity index (χ1) is 4.67.